The molecule has 2 rings (SSSR count). The number of fused-ring (bicyclic) bond motifs is 7. The quantitative estimate of drug-likeness (QED) is 0.227. The van der Waals surface area contributed by atoms with Crippen molar-refractivity contribution in [3.05, 3.63) is 12.2 Å². The molecule has 1 fully saturated rings. The van der Waals surface area contributed by atoms with Crippen molar-refractivity contribution < 1.29 is 28.7 Å². The van der Waals surface area contributed by atoms with Crippen LogP contribution in [0.5, 0.6) is 0 Å². The summed E-state index contributed by atoms with van der Waals surface area (Å²) in [6.45, 7) is 6.68. The first-order valence-corrected chi connectivity index (χ1v) is 13.8. The Kier molecular flexibility index (Phi) is 10.7. The third-order valence-electron chi connectivity index (χ3n) is 5.22. The van der Waals surface area contributed by atoms with Gasteiger partial charge in [-0.25, -0.2) is 0 Å². The van der Waals surface area contributed by atoms with Crippen molar-refractivity contribution >= 4 is 51.2 Å². The largest absolute Gasteiger partial charge is 0.458 e. The number of carbonyl (C=O) groups is 5. The Morgan fingerprint density at radius 3 is 2.50 bits per heavy atom. The molecule has 3 atom stereocenters. The molecule has 0 saturated carbocycles. The van der Waals surface area contributed by atoms with E-state index in [-0.39, 0.29) is 31.1 Å². The molecule has 0 aliphatic carbocycles. The van der Waals surface area contributed by atoms with Gasteiger partial charge in [-0.2, -0.15) is 0 Å². The average Bonchev–Trinajstić information content (AvgIpc) is 2.73. The zero-order valence-corrected chi connectivity index (χ0v) is 21.6. The number of esters is 1. The number of rotatable bonds is 1. The molecule has 2 aliphatic rings. The minimum atomic E-state index is -1.32. The van der Waals surface area contributed by atoms with Gasteiger partial charge in [-0.05, 0) is 32.3 Å². The van der Waals surface area contributed by atoms with Crippen molar-refractivity contribution in [2.24, 2.45) is 5.92 Å². The molecule has 2 bridgehead atoms. The van der Waals surface area contributed by atoms with E-state index in [1.807, 2.05) is 6.08 Å². The monoisotopic (exact) mass is 514 g/mol. The van der Waals surface area contributed by atoms with Crippen molar-refractivity contribution in [1.29, 1.82) is 0 Å². The second kappa shape index (κ2) is 13.0. The first-order chi connectivity index (χ1) is 16.0. The number of carbonyl (C=O) groups excluding carboxylic acids is 5. The first-order valence-electron chi connectivity index (χ1n) is 11.3. The van der Waals surface area contributed by atoms with Crippen LogP contribution in [0.3, 0.4) is 0 Å². The highest BCUT2D eigenvalue weighted by atomic mass is 33.1. The van der Waals surface area contributed by atoms with E-state index in [1.165, 1.54) is 35.4 Å². The van der Waals surface area contributed by atoms with E-state index < -0.39 is 53.3 Å². The van der Waals surface area contributed by atoms with Gasteiger partial charge in [0, 0.05) is 18.1 Å². The number of nitrogens with one attached hydrogen (secondary N) is 4. The third kappa shape index (κ3) is 8.86. The summed E-state index contributed by atoms with van der Waals surface area (Å²) in [5.74, 6) is -1.73. The van der Waals surface area contributed by atoms with Crippen LogP contribution in [-0.4, -0.2) is 71.4 Å². The van der Waals surface area contributed by atoms with Crippen LogP contribution in [0.1, 0.15) is 47.0 Å². The molecule has 4 N–H and O–H groups in total. The van der Waals surface area contributed by atoms with Gasteiger partial charge in [0.15, 0.2) is 0 Å². The predicted molar refractivity (Wildman–Crippen MR) is 132 cm³/mol. The minimum absolute atomic E-state index is 0.0269. The van der Waals surface area contributed by atoms with Gasteiger partial charge in [-0.3, -0.25) is 24.0 Å². The highest BCUT2D eigenvalue weighted by molar-refractivity contribution is 8.76. The number of hydrogen-bond donors (Lipinski definition) is 4. The molecule has 0 aromatic heterocycles. The lowest BCUT2D eigenvalue weighted by molar-refractivity contribution is -0.148. The fraction of sp³-hybridized carbons (Fsp3) is 0.682. The molecule has 4 amide bonds. The van der Waals surface area contributed by atoms with Crippen LogP contribution in [0, 0.1) is 5.92 Å². The van der Waals surface area contributed by atoms with E-state index in [1.54, 1.807) is 19.9 Å². The Morgan fingerprint density at radius 2 is 1.79 bits per heavy atom. The summed E-state index contributed by atoms with van der Waals surface area (Å²) in [7, 11) is 2.96. The maximum absolute atomic E-state index is 13.1. The molecule has 0 spiro atoms. The first kappa shape index (κ1) is 28.0. The van der Waals surface area contributed by atoms with E-state index in [0.717, 1.165) is 5.75 Å². The van der Waals surface area contributed by atoms with E-state index >= 15 is 0 Å². The molecular weight excluding hydrogens is 480 g/mol. The molecule has 1 saturated heterocycles. The average molecular weight is 515 g/mol. The van der Waals surface area contributed by atoms with Crippen molar-refractivity contribution in [2.75, 3.05) is 18.1 Å². The topological polar surface area (TPSA) is 143 Å². The summed E-state index contributed by atoms with van der Waals surface area (Å²) in [5.41, 5.74) is -1.32. The van der Waals surface area contributed by atoms with Crippen LogP contribution >= 0.6 is 21.6 Å². The van der Waals surface area contributed by atoms with E-state index in [0.29, 0.717) is 6.42 Å². The summed E-state index contributed by atoms with van der Waals surface area (Å²) in [6, 6.07) is -1.76. The number of amides is 4. The third-order valence-corrected chi connectivity index (χ3v) is 7.67. The number of allylic oxidation sites excluding steroid dienone is 1. The number of hydrogen-bond acceptors (Lipinski definition) is 8. The van der Waals surface area contributed by atoms with E-state index in [2.05, 4.69) is 21.3 Å². The van der Waals surface area contributed by atoms with Gasteiger partial charge in [0.1, 0.15) is 23.7 Å². The lowest BCUT2D eigenvalue weighted by Gasteiger charge is -2.29. The lowest BCUT2D eigenvalue weighted by atomic mass is 10.0. The lowest BCUT2D eigenvalue weighted by Crippen LogP contribution is -2.61. The van der Waals surface area contributed by atoms with Crippen LogP contribution in [0.2, 0.25) is 0 Å². The summed E-state index contributed by atoms with van der Waals surface area (Å²) < 4.78 is 5.46. The highest BCUT2D eigenvalue weighted by Crippen LogP contribution is 2.24. The smallest absolute Gasteiger partial charge is 0.308 e. The molecule has 0 radical (unpaired) electrons. The number of ether oxygens (including phenoxy) is 1. The highest BCUT2D eigenvalue weighted by Gasteiger charge is 2.35. The van der Waals surface area contributed by atoms with Gasteiger partial charge in [0.05, 0.1) is 12.8 Å². The van der Waals surface area contributed by atoms with Gasteiger partial charge in [0.25, 0.3) is 0 Å². The molecule has 0 aromatic carbocycles. The molecule has 0 unspecified atom stereocenters. The Bertz CT molecular complexity index is 817. The van der Waals surface area contributed by atoms with Gasteiger partial charge in [-0.1, -0.05) is 41.5 Å². The van der Waals surface area contributed by atoms with Crippen molar-refractivity contribution in [3.8, 4) is 0 Å². The molecule has 10 nitrogen and oxygen atoms in total. The maximum Gasteiger partial charge on any atom is 0.308 e. The van der Waals surface area contributed by atoms with Crippen LogP contribution in [0.25, 0.3) is 0 Å². The molecule has 34 heavy (non-hydrogen) atoms. The Morgan fingerprint density at radius 1 is 1.06 bits per heavy atom. The van der Waals surface area contributed by atoms with Gasteiger partial charge in [-0.15, -0.1) is 0 Å². The van der Waals surface area contributed by atoms with Crippen molar-refractivity contribution in [1.82, 2.24) is 21.3 Å². The Balaban J connectivity index is 2.43. The van der Waals surface area contributed by atoms with Crippen LogP contribution in [-0.2, 0) is 28.7 Å². The van der Waals surface area contributed by atoms with Gasteiger partial charge in [0.2, 0.25) is 23.6 Å². The van der Waals surface area contributed by atoms with E-state index in [9.17, 15) is 24.0 Å². The summed E-state index contributed by atoms with van der Waals surface area (Å²) in [6.07, 6.45) is 3.13. The fourth-order valence-corrected chi connectivity index (χ4v) is 5.42. The van der Waals surface area contributed by atoms with Crippen molar-refractivity contribution in [2.45, 2.75) is 70.7 Å². The molecule has 0 aromatic rings. The zero-order chi connectivity index (χ0) is 25.3. The predicted octanol–water partition coefficient (Wildman–Crippen LogP) is 0.670. The SMILES string of the molecule is CC(C)[C@H]1NC(=O)[C@H]2CSSCC/C=C/[C@H](CC(=O)NC(C)(C)C(=O)N2)OC(=O)CCNC1=O. The van der Waals surface area contributed by atoms with Gasteiger partial charge < -0.3 is 26.0 Å². The normalized spacial score (nSPS) is 29.0. The van der Waals surface area contributed by atoms with Crippen LogP contribution < -0.4 is 21.3 Å². The second-order valence-corrected chi connectivity index (χ2v) is 11.7. The molecule has 2 aliphatic heterocycles. The summed E-state index contributed by atoms with van der Waals surface area (Å²) in [4.78, 5) is 63.9. The zero-order valence-electron chi connectivity index (χ0n) is 20.0. The Hall–Kier alpha value is -2.21. The summed E-state index contributed by atoms with van der Waals surface area (Å²) >= 11 is 0. The fourth-order valence-electron chi connectivity index (χ4n) is 3.26. The second-order valence-electron chi connectivity index (χ2n) is 9.03. The standard InChI is InChI=1S/C22H34N4O6S2/c1-13(2)18-20(30)23-9-8-17(28)32-14-7-5-6-10-33-34-12-15(19(29)25-18)24-21(31)22(3,4)26-16(27)11-14/h5,7,13-15,18H,6,8-12H2,1-4H3,(H,23,30)(H,24,31)(H,25,29)(H,26,27)/b7-5+/t14-,15-,18-/m1/s1. The van der Waals surface area contributed by atoms with Crippen molar-refractivity contribution in [3.63, 3.8) is 0 Å². The van der Waals surface area contributed by atoms with E-state index in [4.69, 9.17) is 4.74 Å². The maximum atomic E-state index is 13.1. The van der Waals surface area contributed by atoms with Crippen LogP contribution in [0.15, 0.2) is 12.2 Å². The molecule has 12 heteroatoms. The molecule has 2 heterocycles. The summed E-state index contributed by atoms with van der Waals surface area (Å²) in [5, 5.41) is 10.8. The minimum Gasteiger partial charge on any atom is -0.458 e. The van der Waals surface area contributed by atoms with Gasteiger partial charge >= 0.3 is 5.97 Å². The molecule has 190 valence electrons. The Labute approximate surface area is 207 Å². The van der Waals surface area contributed by atoms with Crippen LogP contribution in [0.4, 0.5) is 0 Å². The molecular formula is C22H34N4O6S2.